The summed E-state index contributed by atoms with van der Waals surface area (Å²) in [5.41, 5.74) is 0. The van der Waals surface area contributed by atoms with Gasteiger partial charge < -0.3 is 28.4 Å². The topological polar surface area (TPSA) is 107 Å². The lowest BCUT2D eigenvalue weighted by Crippen LogP contribution is -2.19. The van der Waals surface area contributed by atoms with Gasteiger partial charge in [0.15, 0.2) is 11.5 Å². The van der Waals surface area contributed by atoms with Gasteiger partial charge in [0.25, 0.3) is 0 Å². The maximum absolute atomic E-state index is 12.0. The van der Waals surface area contributed by atoms with E-state index in [-0.39, 0.29) is 54.8 Å². The number of benzene rings is 1. The Morgan fingerprint density at radius 1 is 0.633 bits per heavy atom. The molecule has 0 heterocycles. The number of para-hydroxylation sites is 1. The highest BCUT2D eigenvalue weighted by molar-refractivity contribution is 5.73. The molecule has 0 radical (unpaired) electrons. The Morgan fingerprint density at radius 3 is 1.30 bits per heavy atom. The Labute approximate surface area is 176 Å². The van der Waals surface area contributed by atoms with E-state index in [1.807, 2.05) is 41.5 Å². The maximum atomic E-state index is 12.0. The first-order valence-corrected chi connectivity index (χ1v) is 9.75. The van der Waals surface area contributed by atoms with Crippen LogP contribution in [0.2, 0.25) is 0 Å². The lowest BCUT2D eigenvalue weighted by Gasteiger charge is -2.15. The van der Waals surface area contributed by atoms with Crippen LogP contribution in [0.3, 0.4) is 0 Å². The van der Waals surface area contributed by atoms with Gasteiger partial charge in [0.1, 0.15) is 0 Å². The van der Waals surface area contributed by atoms with Gasteiger partial charge in [-0.25, -0.2) is 14.4 Å². The summed E-state index contributed by atoms with van der Waals surface area (Å²) in [6.45, 7) is 11.6. The normalized spacial score (nSPS) is 10.7. The molecule has 0 saturated carbocycles. The second-order valence-corrected chi connectivity index (χ2v) is 7.75. The van der Waals surface area contributed by atoms with Gasteiger partial charge in [-0.15, -0.1) is 0 Å². The fourth-order valence-corrected chi connectivity index (χ4v) is 1.81. The Bertz CT molecular complexity index is 666. The second kappa shape index (κ2) is 12.6. The minimum Gasteiger partial charge on any atom is -0.434 e. The van der Waals surface area contributed by atoms with E-state index in [0.717, 1.165) is 0 Å². The van der Waals surface area contributed by atoms with Crippen LogP contribution in [0.15, 0.2) is 18.2 Å². The summed E-state index contributed by atoms with van der Waals surface area (Å²) in [6, 6.07) is 4.16. The van der Waals surface area contributed by atoms with Gasteiger partial charge in [0.2, 0.25) is 5.75 Å². The van der Waals surface area contributed by atoms with Crippen molar-refractivity contribution in [2.45, 2.75) is 41.5 Å². The molecule has 0 aliphatic rings. The van der Waals surface area contributed by atoms with Crippen molar-refractivity contribution >= 4 is 18.5 Å². The molecular formula is C21H30O9. The highest BCUT2D eigenvalue weighted by Crippen LogP contribution is 2.38. The minimum atomic E-state index is -1.05. The first-order chi connectivity index (χ1) is 14.1. The number of carbonyl (C=O) groups is 3. The molecule has 0 aliphatic carbocycles. The van der Waals surface area contributed by atoms with Gasteiger partial charge in [0.05, 0.1) is 19.8 Å². The van der Waals surface area contributed by atoms with Gasteiger partial charge in [-0.1, -0.05) is 47.6 Å². The Kier molecular flexibility index (Phi) is 10.5. The first-order valence-electron chi connectivity index (χ1n) is 9.75. The zero-order chi connectivity index (χ0) is 22.7. The molecular weight excluding hydrogens is 396 g/mol. The predicted molar refractivity (Wildman–Crippen MR) is 107 cm³/mol. The molecule has 0 atom stereocenters. The molecule has 1 rings (SSSR count). The third kappa shape index (κ3) is 9.99. The van der Waals surface area contributed by atoms with Crippen molar-refractivity contribution in [1.29, 1.82) is 0 Å². The number of carbonyl (C=O) groups excluding carboxylic acids is 3. The van der Waals surface area contributed by atoms with Crippen LogP contribution >= 0.6 is 0 Å². The number of ether oxygens (including phenoxy) is 6. The lowest BCUT2D eigenvalue weighted by atomic mass is 10.2. The molecule has 30 heavy (non-hydrogen) atoms. The molecule has 0 unspecified atom stereocenters. The van der Waals surface area contributed by atoms with Crippen LogP contribution in [0, 0.1) is 17.8 Å². The Hall–Kier alpha value is -2.97. The fraction of sp³-hybridized carbons (Fsp3) is 0.571. The third-order valence-corrected chi connectivity index (χ3v) is 3.12. The average Bonchev–Trinajstić information content (AvgIpc) is 2.65. The van der Waals surface area contributed by atoms with E-state index in [9.17, 15) is 14.4 Å². The van der Waals surface area contributed by atoms with Gasteiger partial charge in [0, 0.05) is 0 Å². The second-order valence-electron chi connectivity index (χ2n) is 7.75. The third-order valence-electron chi connectivity index (χ3n) is 3.12. The molecule has 9 heteroatoms. The molecule has 0 N–H and O–H groups in total. The van der Waals surface area contributed by atoms with Crippen LogP contribution in [-0.4, -0.2) is 38.3 Å². The highest BCUT2D eigenvalue weighted by Gasteiger charge is 2.23. The van der Waals surface area contributed by atoms with E-state index < -0.39 is 18.5 Å². The van der Waals surface area contributed by atoms with E-state index in [4.69, 9.17) is 28.4 Å². The smallest absolute Gasteiger partial charge is 0.434 e. The molecule has 1 aromatic rings. The molecule has 0 aromatic heterocycles. The van der Waals surface area contributed by atoms with Crippen molar-refractivity contribution in [3.8, 4) is 17.2 Å². The predicted octanol–water partition coefficient (Wildman–Crippen LogP) is 5.20. The van der Waals surface area contributed by atoms with Gasteiger partial charge in [-0.05, 0) is 29.9 Å². The number of hydrogen-bond acceptors (Lipinski definition) is 9. The molecule has 0 aliphatic heterocycles. The molecule has 0 amide bonds. The van der Waals surface area contributed by atoms with Gasteiger partial charge in [-0.3, -0.25) is 0 Å². The maximum Gasteiger partial charge on any atom is 0.514 e. The van der Waals surface area contributed by atoms with Gasteiger partial charge >= 0.3 is 18.5 Å². The molecule has 1 aromatic carbocycles. The van der Waals surface area contributed by atoms with E-state index in [1.165, 1.54) is 18.2 Å². The van der Waals surface area contributed by atoms with E-state index in [0.29, 0.717) is 0 Å². The standard InChI is InChI=1S/C21H30O9/c1-13(2)10-25-19(22)28-16-8-7-9-17(29-20(23)26-11-14(3)4)18(16)30-21(24)27-12-15(5)6/h7-9,13-15H,10-12H2,1-6H3. The molecule has 0 bridgehead atoms. The Morgan fingerprint density at radius 2 is 0.967 bits per heavy atom. The zero-order valence-electron chi connectivity index (χ0n) is 18.3. The van der Waals surface area contributed by atoms with Crippen LogP contribution in [0.25, 0.3) is 0 Å². The summed E-state index contributed by atoms with van der Waals surface area (Å²) in [7, 11) is 0. The molecule has 9 nitrogen and oxygen atoms in total. The molecule has 168 valence electrons. The fourth-order valence-electron chi connectivity index (χ4n) is 1.81. The number of rotatable bonds is 9. The summed E-state index contributed by atoms with van der Waals surface area (Å²) in [5.74, 6) is -0.390. The van der Waals surface area contributed by atoms with E-state index in [1.54, 1.807) is 0 Å². The highest BCUT2D eigenvalue weighted by atomic mass is 16.8. The van der Waals surface area contributed by atoms with E-state index >= 15 is 0 Å². The van der Waals surface area contributed by atoms with Crippen molar-refractivity contribution in [1.82, 2.24) is 0 Å². The zero-order valence-corrected chi connectivity index (χ0v) is 18.3. The van der Waals surface area contributed by atoms with Crippen molar-refractivity contribution < 1.29 is 42.8 Å². The van der Waals surface area contributed by atoms with Crippen molar-refractivity contribution in [3.05, 3.63) is 18.2 Å². The monoisotopic (exact) mass is 426 g/mol. The quantitative estimate of drug-likeness (QED) is 0.299. The molecule has 0 fully saturated rings. The van der Waals surface area contributed by atoms with Crippen LogP contribution in [0.4, 0.5) is 14.4 Å². The Balaban J connectivity index is 3.02. The van der Waals surface area contributed by atoms with Crippen molar-refractivity contribution in [2.75, 3.05) is 19.8 Å². The SMILES string of the molecule is CC(C)COC(=O)Oc1cccc(OC(=O)OCC(C)C)c1OC(=O)OCC(C)C. The summed E-state index contributed by atoms with van der Waals surface area (Å²) >= 11 is 0. The summed E-state index contributed by atoms with van der Waals surface area (Å²) < 4.78 is 30.3. The van der Waals surface area contributed by atoms with Crippen LogP contribution in [0.5, 0.6) is 17.2 Å². The van der Waals surface area contributed by atoms with Crippen LogP contribution < -0.4 is 14.2 Å². The molecule has 0 saturated heterocycles. The van der Waals surface area contributed by atoms with Crippen molar-refractivity contribution in [3.63, 3.8) is 0 Å². The molecule has 0 spiro atoms. The lowest BCUT2D eigenvalue weighted by molar-refractivity contribution is 0.0747. The van der Waals surface area contributed by atoms with Gasteiger partial charge in [-0.2, -0.15) is 0 Å². The average molecular weight is 426 g/mol. The summed E-state index contributed by atoms with van der Waals surface area (Å²) in [6.07, 6.45) is -3.04. The summed E-state index contributed by atoms with van der Waals surface area (Å²) in [4.78, 5) is 35.9. The minimum absolute atomic E-state index is 0.0804. The van der Waals surface area contributed by atoms with E-state index in [2.05, 4.69) is 0 Å². The first kappa shape index (κ1) is 25.1. The number of hydrogen-bond donors (Lipinski definition) is 0. The largest absolute Gasteiger partial charge is 0.514 e. The van der Waals surface area contributed by atoms with Crippen LogP contribution in [-0.2, 0) is 14.2 Å². The van der Waals surface area contributed by atoms with Crippen molar-refractivity contribution in [2.24, 2.45) is 17.8 Å². The van der Waals surface area contributed by atoms with Crippen LogP contribution in [0.1, 0.15) is 41.5 Å². The summed E-state index contributed by atoms with van der Waals surface area (Å²) in [5, 5.41) is 0.